The predicted molar refractivity (Wildman–Crippen MR) is 98.6 cm³/mol. The normalized spacial score (nSPS) is 17.4. The van der Waals surface area contributed by atoms with Crippen molar-refractivity contribution >= 4 is 17.6 Å². The van der Waals surface area contributed by atoms with Gasteiger partial charge in [0.25, 0.3) is 0 Å². The van der Waals surface area contributed by atoms with Crippen LogP contribution in [0.25, 0.3) is 11.3 Å². The van der Waals surface area contributed by atoms with Crippen molar-refractivity contribution in [3.8, 4) is 22.8 Å². The molecule has 5 rings (SSSR count). The molecular weight excluding hydrogens is 386 g/mol. The topological polar surface area (TPSA) is 97.4 Å². The minimum absolute atomic E-state index is 0.00626. The Labute approximate surface area is 163 Å². The molecule has 0 saturated carbocycles. The highest BCUT2D eigenvalue weighted by molar-refractivity contribution is 5.68. The van der Waals surface area contributed by atoms with Crippen LogP contribution in [0.2, 0.25) is 0 Å². The molecule has 29 heavy (non-hydrogen) atoms. The van der Waals surface area contributed by atoms with Gasteiger partial charge in [-0.2, -0.15) is 10.1 Å². The van der Waals surface area contributed by atoms with Crippen LogP contribution in [0.4, 0.5) is 26.4 Å². The maximum absolute atomic E-state index is 13.2. The van der Waals surface area contributed by atoms with Crippen LogP contribution in [0, 0.1) is 0 Å². The summed E-state index contributed by atoms with van der Waals surface area (Å²) in [5.41, 5.74) is 1.25. The molecule has 4 heterocycles. The average molecular weight is 402 g/mol. The van der Waals surface area contributed by atoms with Gasteiger partial charge in [-0.25, -0.2) is 4.98 Å². The van der Waals surface area contributed by atoms with Crippen LogP contribution in [0.15, 0.2) is 36.5 Å². The van der Waals surface area contributed by atoms with E-state index in [9.17, 15) is 8.78 Å². The molecule has 0 amide bonds. The Morgan fingerprint density at radius 1 is 1.03 bits per heavy atom. The number of halogens is 2. The summed E-state index contributed by atoms with van der Waals surface area (Å²) in [7, 11) is 0. The Bertz CT molecular complexity index is 1040. The van der Waals surface area contributed by atoms with Crippen molar-refractivity contribution in [1.82, 2.24) is 20.2 Å². The summed E-state index contributed by atoms with van der Waals surface area (Å²) in [5.74, 6) is 1.70. The number of hydrogen-bond acceptors (Lipinski definition) is 8. The summed E-state index contributed by atoms with van der Waals surface area (Å²) in [6.45, 7) is 2.76. The third-order valence-corrected chi connectivity index (χ3v) is 4.48. The Kier molecular flexibility index (Phi) is 4.16. The van der Waals surface area contributed by atoms with E-state index in [0.717, 1.165) is 13.1 Å². The third kappa shape index (κ3) is 3.63. The number of hydrogen-bond donors (Lipinski definition) is 2. The van der Waals surface area contributed by atoms with Gasteiger partial charge in [0, 0.05) is 30.9 Å². The number of alkyl halides is 2. The number of nitrogens with zero attached hydrogens (tertiary/aromatic N) is 4. The molecule has 1 fully saturated rings. The molecule has 2 aliphatic heterocycles. The predicted octanol–water partition coefficient (Wildman–Crippen LogP) is 2.77. The molecule has 2 N–H and O–H groups in total. The van der Waals surface area contributed by atoms with Gasteiger partial charge >= 0.3 is 6.29 Å². The second kappa shape index (κ2) is 6.85. The highest BCUT2D eigenvalue weighted by atomic mass is 19.3. The number of morpholine rings is 1. The summed E-state index contributed by atoms with van der Waals surface area (Å²) in [6, 6.07) is 8.02. The molecule has 0 bridgehead atoms. The van der Waals surface area contributed by atoms with Crippen LogP contribution in [-0.2, 0) is 4.74 Å². The quantitative estimate of drug-likeness (QED) is 0.688. The van der Waals surface area contributed by atoms with Crippen LogP contribution in [0.1, 0.15) is 0 Å². The lowest BCUT2D eigenvalue weighted by Gasteiger charge is -2.26. The number of benzene rings is 1. The summed E-state index contributed by atoms with van der Waals surface area (Å²) < 4.78 is 40.6. The van der Waals surface area contributed by atoms with Gasteiger partial charge in [0.2, 0.25) is 5.95 Å². The molecule has 3 aromatic rings. The van der Waals surface area contributed by atoms with Gasteiger partial charge < -0.3 is 24.4 Å². The van der Waals surface area contributed by atoms with E-state index < -0.39 is 6.29 Å². The van der Waals surface area contributed by atoms with E-state index in [1.165, 1.54) is 12.1 Å². The highest BCUT2D eigenvalue weighted by Gasteiger charge is 2.43. The zero-order valence-electron chi connectivity index (χ0n) is 15.1. The number of aromatic nitrogens is 4. The molecule has 1 aromatic carbocycles. The Morgan fingerprint density at radius 3 is 2.72 bits per heavy atom. The highest BCUT2D eigenvalue weighted by Crippen LogP contribution is 2.42. The van der Waals surface area contributed by atoms with E-state index in [2.05, 4.69) is 35.0 Å². The first-order valence-electron chi connectivity index (χ1n) is 8.94. The molecule has 0 radical (unpaired) electrons. The minimum Gasteiger partial charge on any atom is -0.395 e. The summed E-state index contributed by atoms with van der Waals surface area (Å²) in [5, 5.41) is 10.2. The van der Waals surface area contributed by atoms with E-state index >= 15 is 0 Å². The molecule has 150 valence electrons. The molecule has 0 atom stereocenters. The van der Waals surface area contributed by atoms with Crippen molar-refractivity contribution < 1.29 is 23.0 Å². The molecule has 0 unspecified atom stereocenters. The standard InChI is InChI=1S/C18H16F2N6O3/c19-18(20)28-13-2-1-11(9-14(13)29-18)12-10-16(25-24-12)22-15-3-4-21-17(23-15)26-5-7-27-8-6-26/h1-4,9-10H,5-8H2,(H2,21,22,23,24,25). The maximum Gasteiger partial charge on any atom is 0.586 e. The largest absolute Gasteiger partial charge is 0.586 e. The second-order valence-corrected chi connectivity index (χ2v) is 6.46. The van der Waals surface area contributed by atoms with Gasteiger partial charge in [-0.15, -0.1) is 8.78 Å². The van der Waals surface area contributed by atoms with Crippen molar-refractivity contribution in [3.63, 3.8) is 0 Å². The lowest BCUT2D eigenvalue weighted by atomic mass is 10.1. The monoisotopic (exact) mass is 402 g/mol. The van der Waals surface area contributed by atoms with Gasteiger partial charge in [0.1, 0.15) is 5.82 Å². The van der Waals surface area contributed by atoms with Gasteiger partial charge in [-0.1, -0.05) is 0 Å². The van der Waals surface area contributed by atoms with E-state index in [1.807, 2.05) is 4.90 Å². The number of anilines is 3. The summed E-state index contributed by atoms with van der Waals surface area (Å²) >= 11 is 0. The van der Waals surface area contributed by atoms with E-state index in [4.69, 9.17) is 4.74 Å². The fourth-order valence-corrected chi connectivity index (χ4v) is 3.12. The zero-order valence-corrected chi connectivity index (χ0v) is 15.1. The van der Waals surface area contributed by atoms with Gasteiger partial charge in [0.05, 0.1) is 18.9 Å². The van der Waals surface area contributed by atoms with Crippen LogP contribution in [0.5, 0.6) is 11.5 Å². The van der Waals surface area contributed by atoms with Crippen molar-refractivity contribution in [2.45, 2.75) is 6.29 Å². The molecule has 0 spiro atoms. The van der Waals surface area contributed by atoms with Gasteiger partial charge in [-0.3, -0.25) is 5.10 Å². The first kappa shape index (κ1) is 17.6. The van der Waals surface area contributed by atoms with Crippen molar-refractivity contribution in [2.24, 2.45) is 0 Å². The SMILES string of the molecule is FC1(F)Oc2ccc(-c3cc(Nc4ccnc(N5CCOCC5)n4)n[nH]3)cc2O1. The van der Waals surface area contributed by atoms with Crippen LogP contribution in [-0.4, -0.2) is 52.8 Å². The van der Waals surface area contributed by atoms with E-state index in [-0.39, 0.29) is 11.5 Å². The van der Waals surface area contributed by atoms with Crippen LogP contribution in [0.3, 0.4) is 0 Å². The lowest BCUT2D eigenvalue weighted by Crippen LogP contribution is -2.37. The number of nitrogens with one attached hydrogen (secondary N) is 2. The molecule has 1 saturated heterocycles. The second-order valence-electron chi connectivity index (χ2n) is 6.46. The first-order chi connectivity index (χ1) is 14.1. The number of rotatable bonds is 4. The maximum atomic E-state index is 13.2. The summed E-state index contributed by atoms with van der Waals surface area (Å²) in [6.07, 6.45) is -1.97. The molecule has 2 aromatic heterocycles. The number of aromatic amines is 1. The average Bonchev–Trinajstić information content (AvgIpc) is 3.30. The zero-order chi connectivity index (χ0) is 19.8. The number of ether oxygens (including phenoxy) is 3. The molecule has 9 nitrogen and oxygen atoms in total. The Morgan fingerprint density at radius 2 is 1.86 bits per heavy atom. The van der Waals surface area contributed by atoms with Crippen LogP contribution >= 0.6 is 0 Å². The molecular formula is C18H16F2N6O3. The minimum atomic E-state index is -3.65. The summed E-state index contributed by atoms with van der Waals surface area (Å²) in [4.78, 5) is 10.9. The van der Waals surface area contributed by atoms with Crippen molar-refractivity contribution in [3.05, 3.63) is 36.5 Å². The lowest BCUT2D eigenvalue weighted by molar-refractivity contribution is -0.286. The molecule has 11 heteroatoms. The van der Waals surface area contributed by atoms with Gasteiger partial charge in [-0.05, 0) is 24.3 Å². The Hall–Kier alpha value is -3.47. The van der Waals surface area contributed by atoms with E-state index in [0.29, 0.717) is 42.1 Å². The molecule has 2 aliphatic rings. The van der Waals surface area contributed by atoms with Crippen LogP contribution < -0.4 is 19.7 Å². The fraction of sp³-hybridized carbons (Fsp3) is 0.278. The third-order valence-electron chi connectivity index (χ3n) is 4.48. The van der Waals surface area contributed by atoms with Gasteiger partial charge in [0.15, 0.2) is 17.3 Å². The number of fused-ring (bicyclic) bond motifs is 1. The molecule has 0 aliphatic carbocycles. The Balaban J connectivity index is 1.33. The number of H-pyrrole nitrogens is 1. The smallest absolute Gasteiger partial charge is 0.395 e. The first-order valence-corrected chi connectivity index (χ1v) is 8.94. The van der Waals surface area contributed by atoms with E-state index in [1.54, 1.807) is 24.4 Å². The fourth-order valence-electron chi connectivity index (χ4n) is 3.12. The van der Waals surface area contributed by atoms with Crippen molar-refractivity contribution in [1.29, 1.82) is 0 Å². The van der Waals surface area contributed by atoms with Crippen molar-refractivity contribution in [2.75, 3.05) is 36.5 Å².